The molecule has 1 aliphatic heterocycles. The number of carbonyl (C=O) groups excluding carboxylic acids is 1. The second kappa shape index (κ2) is 10.3. The first-order valence-corrected chi connectivity index (χ1v) is 12.3. The van der Waals surface area contributed by atoms with Gasteiger partial charge < -0.3 is 10.1 Å². The van der Waals surface area contributed by atoms with E-state index in [1.54, 1.807) is 6.07 Å². The van der Waals surface area contributed by atoms with Crippen molar-refractivity contribution >= 4 is 11.6 Å². The predicted molar refractivity (Wildman–Crippen MR) is 133 cm³/mol. The minimum atomic E-state index is -0.265. The fourth-order valence-electron chi connectivity index (χ4n) is 4.87. The van der Waals surface area contributed by atoms with Crippen molar-refractivity contribution in [1.82, 2.24) is 14.9 Å². The molecule has 176 valence electrons. The summed E-state index contributed by atoms with van der Waals surface area (Å²) in [4.78, 5) is 23.8. The normalized spacial score (nSPS) is 20.0. The molecule has 0 atom stereocenters. The Morgan fingerprint density at radius 3 is 2.50 bits per heavy atom. The summed E-state index contributed by atoms with van der Waals surface area (Å²) >= 11 is 0. The van der Waals surface area contributed by atoms with E-state index in [9.17, 15) is 4.79 Å². The van der Waals surface area contributed by atoms with Gasteiger partial charge in [-0.15, -0.1) is 0 Å². The molecule has 0 unspecified atom stereocenters. The fourth-order valence-corrected chi connectivity index (χ4v) is 4.87. The molecule has 2 heterocycles. The maximum Gasteiger partial charge on any atom is 0.317 e. The van der Waals surface area contributed by atoms with E-state index in [-0.39, 0.29) is 11.9 Å². The van der Waals surface area contributed by atoms with Gasteiger partial charge in [0.15, 0.2) is 0 Å². The number of amides is 1. The highest BCUT2D eigenvalue weighted by atomic mass is 16.5. The zero-order valence-corrected chi connectivity index (χ0v) is 19.7. The Morgan fingerprint density at radius 2 is 1.76 bits per heavy atom. The molecule has 1 amide bonds. The van der Waals surface area contributed by atoms with Gasteiger partial charge in [0.1, 0.15) is 5.69 Å². The molecule has 0 spiro atoms. The molecule has 1 saturated heterocycles. The highest BCUT2D eigenvalue weighted by Gasteiger charge is 2.31. The molecule has 34 heavy (non-hydrogen) atoms. The molecule has 0 bridgehead atoms. The lowest BCUT2D eigenvalue weighted by Crippen LogP contribution is -2.27. The number of rotatable bonds is 8. The first kappa shape index (κ1) is 22.5. The Hall–Kier alpha value is -3.25. The van der Waals surface area contributed by atoms with Gasteiger partial charge in [0.2, 0.25) is 0 Å². The van der Waals surface area contributed by atoms with E-state index in [0.29, 0.717) is 29.8 Å². The molecule has 1 aliphatic carbocycles. The van der Waals surface area contributed by atoms with Crippen LogP contribution in [0.15, 0.2) is 60.7 Å². The van der Waals surface area contributed by atoms with Crippen LogP contribution in [-0.2, 0) is 6.54 Å². The number of hydrogen-bond donors (Lipinski definition) is 1. The van der Waals surface area contributed by atoms with E-state index in [1.165, 1.54) is 37.1 Å². The number of aryl methyl sites for hydroxylation is 1. The summed E-state index contributed by atoms with van der Waals surface area (Å²) in [7, 11) is 0. The fraction of sp³-hybridized carbons (Fsp3) is 0.393. The minimum absolute atomic E-state index is 0.265. The molecule has 1 saturated carbocycles. The van der Waals surface area contributed by atoms with Crippen LogP contribution in [-0.4, -0.2) is 40.5 Å². The maximum absolute atomic E-state index is 12.6. The molecule has 2 fully saturated rings. The number of para-hydroxylation sites is 1. The number of hydrogen-bond acceptors (Lipinski definition) is 5. The van der Waals surface area contributed by atoms with Gasteiger partial charge >= 0.3 is 6.01 Å². The van der Waals surface area contributed by atoms with Gasteiger partial charge in [-0.25, -0.2) is 4.98 Å². The first-order valence-electron chi connectivity index (χ1n) is 12.3. The number of benzene rings is 2. The molecular weight excluding hydrogens is 424 g/mol. The number of anilines is 1. The molecule has 0 radical (unpaired) electrons. The van der Waals surface area contributed by atoms with Crippen LogP contribution in [0.3, 0.4) is 0 Å². The highest BCUT2D eigenvalue weighted by molar-refractivity contribution is 6.02. The van der Waals surface area contributed by atoms with Gasteiger partial charge in [-0.1, -0.05) is 42.5 Å². The summed E-state index contributed by atoms with van der Waals surface area (Å²) in [6, 6.07) is 20.5. The Bertz CT molecular complexity index is 1110. The van der Waals surface area contributed by atoms with Crippen LogP contribution >= 0.6 is 0 Å². The SMILES string of the molecule is Cc1cc(C(=O)Nc2ccccc2)nc(OCC2CC(c3ccc(CN4CCCC4)cc3)C2)n1. The third-order valence-electron chi connectivity index (χ3n) is 6.84. The Balaban J connectivity index is 1.10. The Kier molecular flexibility index (Phi) is 6.86. The average molecular weight is 457 g/mol. The lowest BCUT2D eigenvalue weighted by atomic mass is 9.72. The summed E-state index contributed by atoms with van der Waals surface area (Å²) in [5.74, 6) is 0.818. The van der Waals surface area contributed by atoms with E-state index in [0.717, 1.165) is 25.1 Å². The third kappa shape index (κ3) is 5.62. The van der Waals surface area contributed by atoms with Crippen LogP contribution in [0.5, 0.6) is 6.01 Å². The summed E-state index contributed by atoms with van der Waals surface area (Å²) < 4.78 is 5.90. The molecule has 5 rings (SSSR count). The van der Waals surface area contributed by atoms with Crippen LogP contribution in [0.25, 0.3) is 0 Å². The van der Waals surface area contributed by atoms with E-state index in [2.05, 4.69) is 44.5 Å². The van der Waals surface area contributed by atoms with Crippen LogP contribution in [0.1, 0.15) is 58.9 Å². The highest BCUT2D eigenvalue weighted by Crippen LogP contribution is 2.41. The van der Waals surface area contributed by atoms with Gasteiger partial charge in [-0.3, -0.25) is 9.69 Å². The smallest absolute Gasteiger partial charge is 0.317 e. The number of carbonyl (C=O) groups is 1. The van der Waals surface area contributed by atoms with Crippen LogP contribution in [0.2, 0.25) is 0 Å². The second-order valence-electron chi connectivity index (χ2n) is 9.57. The predicted octanol–water partition coefficient (Wildman–Crippen LogP) is 5.21. The summed E-state index contributed by atoms with van der Waals surface area (Å²) in [6.45, 7) is 5.96. The van der Waals surface area contributed by atoms with Crippen molar-refractivity contribution in [2.24, 2.45) is 5.92 Å². The number of nitrogens with zero attached hydrogens (tertiary/aromatic N) is 3. The summed E-state index contributed by atoms with van der Waals surface area (Å²) in [5, 5.41) is 2.86. The van der Waals surface area contributed by atoms with Crippen molar-refractivity contribution < 1.29 is 9.53 Å². The average Bonchev–Trinajstić information content (AvgIpc) is 3.32. The zero-order valence-electron chi connectivity index (χ0n) is 19.7. The van der Waals surface area contributed by atoms with Crippen molar-refractivity contribution in [1.29, 1.82) is 0 Å². The molecule has 3 aromatic rings. The van der Waals surface area contributed by atoms with Gasteiger partial charge in [-0.05, 0) is 86.9 Å². The molecule has 2 aromatic carbocycles. The Labute approximate surface area is 201 Å². The minimum Gasteiger partial charge on any atom is -0.463 e. The van der Waals surface area contributed by atoms with Gasteiger partial charge in [0.05, 0.1) is 6.61 Å². The molecule has 2 aliphatic rings. The van der Waals surface area contributed by atoms with Crippen molar-refractivity contribution in [2.45, 2.75) is 45.1 Å². The van der Waals surface area contributed by atoms with Gasteiger partial charge in [-0.2, -0.15) is 4.98 Å². The molecule has 6 heteroatoms. The van der Waals surface area contributed by atoms with Gasteiger partial charge in [0.25, 0.3) is 5.91 Å². The second-order valence-corrected chi connectivity index (χ2v) is 9.57. The van der Waals surface area contributed by atoms with Crippen molar-refractivity contribution in [3.63, 3.8) is 0 Å². The summed E-state index contributed by atoms with van der Waals surface area (Å²) in [6.07, 6.45) is 4.89. The van der Waals surface area contributed by atoms with E-state index < -0.39 is 0 Å². The standard InChI is InChI=1S/C28H32N4O2/c1-20-15-26(27(33)30-25-7-3-2-4-8-25)31-28(29-20)34-19-22-16-24(17-22)23-11-9-21(10-12-23)18-32-13-5-6-14-32/h2-4,7-12,15,22,24H,5-6,13-14,16-19H2,1H3,(H,30,33). The van der Waals surface area contributed by atoms with E-state index >= 15 is 0 Å². The topological polar surface area (TPSA) is 67.3 Å². The Morgan fingerprint density at radius 1 is 1.03 bits per heavy atom. The largest absolute Gasteiger partial charge is 0.463 e. The molecule has 6 nitrogen and oxygen atoms in total. The number of ether oxygens (including phenoxy) is 1. The monoisotopic (exact) mass is 456 g/mol. The van der Waals surface area contributed by atoms with Crippen LogP contribution < -0.4 is 10.1 Å². The van der Waals surface area contributed by atoms with Crippen molar-refractivity contribution in [2.75, 3.05) is 25.0 Å². The first-order chi connectivity index (χ1) is 16.6. The van der Waals surface area contributed by atoms with Crippen molar-refractivity contribution in [3.8, 4) is 6.01 Å². The molecule has 1 N–H and O–H groups in total. The number of likely N-dealkylation sites (tertiary alicyclic amines) is 1. The zero-order chi connectivity index (χ0) is 23.3. The molecule has 1 aromatic heterocycles. The maximum atomic E-state index is 12.6. The van der Waals surface area contributed by atoms with Crippen LogP contribution in [0, 0.1) is 12.8 Å². The van der Waals surface area contributed by atoms with Crippen molar-refractivity contribution in [3.05, 3.63) is 83.2 Å². The summed E-state index contributed by atoms with van der Waals surface area (Å²) in [5.41, 5.74) is 4.59. The van der Waals surface area contributed by atoms with Gasteiger partial charge in [0, 0.05) is 17.9 Å². The lowest BCUT2D eigenvalue weighted by Gasteiger charge is -2.35. The number of nitrogens with one attached hydrogen (secondary N) is 1. The third-order valence-corrected chi connectivity index (χ3v) is 6.84. The lowest BCUT2D eigenvalue weighted by molar-refractivity contribution is 0.101. The molecular formula is C28H32N4O2. The van der Waals surface area contributed by atoms with E-state index in [1.807, 2.05) is 37.3 Å². The van der Waals surface area contributed by atoms with Crippen LogP contribution in [0.4, 0.5) is 5.69 Å². The van der Waals surface area contributed by atoms with E-state index in [4.69, 9.17) is 4.74 Å². The number of aromatic nitrogens is 2. The quantitative estimate of drug-likeness (QED) is 0.504.